The molecule has 1 aromatic heterocycles. The zero-order valence-electron chi connectivity index (χ0n) is 14.6. The number of halogens is 1. The third-order valence-electron chi connectivity index (χ3n) is 4.27. The van der Waals surface area contributed by atoms with E-state index in [9.17, 15) is 0 Å². The number of nitrogens with one attached hydrogen (secondary N) is 2. The van der Waals surface area contributed by atoms with Crippen LogP contribution in [0.15, 0.2) is 23.3 Å². The van der Waals surface area contributed by atoms with Gasteiger partial charge in [0.15, 0.2) is 5.96 Å². The number of hydrogen-bond donors (Lipinski definition) is 2. The molecule has 0 bridgehead atoms. The molecule has 1 aromatic rings. The zero-order chi connectivity index (χ0) is 17.0. The average molecular weight is 353 g/mol. The van der Waals surface area contributed by atoms with Crippen LogP contribution in [0.25, 0.3) is 0 Å². The molecule has 1 aliphatic rings. The molecule has 0 unspecified atom stereocenters. The van der Waals surface area contributed by atoms with E-state index in [1.165, 1.54) is 38.5 Å². The highest BCUT2D eigenvalue weighted by atomic mass is 35.5. The predicted molar refractivity (Wildman–Crippen MR) is 99.8 cm³/mol. The smallest absolute Gasteiger partial charge is 0.191 e. The van der Waals surface area contributed by atoms with Gasteiger partial charge < -0.3 is 15.4 Å². The van der Waals surface area contributed by atoms with Crippen LogP contribution in [0.5, 0.6) is 0 Å². The summed E-state index contributed by atoms with van der Waals surface area (Å²) in [6.45, 7) is 2.30. The van der Waals surface area contributed by atoms with Crippen molar-refractivity contribution in [3.63, 3.8) is 0 Å². The first-order valence-electron chi connectivity index (χ1n) is 8.94. The summed E-state index contributed by atoms with van der Waals surface area (Å²) in [4.78, 5) is 8.32. The van der Waals surface area contributed by atoms with Gasteiger partial charge in [-0.15, -0.1) is 0 Å². The molecule has 2 rings (SSSR count). The van der Waals surface area contributed by atoms with Gasteiger partial charge in [-0.05, 0) is 30.9 Å². The van der Waals surface area contributed by atoms with Gasteiger partial charge in [0.1, 0.15) is 5.15 Å². The monoisotopic (exact) mass is 352 g/mol. The van der Waals surface area contributed by atoms with Gasteiger partial charge in [0.2, 0.25) is 0 Å². The molecule has 0 spiro atoms. The third-order valence-corrected chi connectivity index (χ3v) is 4.49. The van der Waals surface area contributed by atoms with Crippen LogP contribution >= 0.6 is 11.6 Å². The second-order valence-corrected chi connectivity index (χ2v) is 6.54. The van der Waals surface area contributed by atoms with Crippen molar-refractivity contribution in [2.75, 3.05) is 26.7 Å². The molecular weight excluding hydrogens is 324 g/mol. The Morgan fingerprint density at radius 3 is 2.62 bits per heavy atom. The second kappa shape index (κ2) is 11.3. The highest BCUT2D eigenvalue weighted by Gasteiger charge is 2.12. The van der Waals surface area contributed by atoms with Crippen LogP contribution in [0, 0.1) is 0 Å². The number of hydrogen-bond acceptors (Lipinski definition) is 3. The van der Waals surface area contributed by atoms with E-state index in [0.717, 1.165) is 37.6 Å². The van der Waals surface area contributed by atoms with Crippen LogP contribution in [0.3, 0.4) is 0 Å². The van der Waals surface area contributed by atoms with Crippen molar-refractivity contribution in [3.05, 3.63) is 29.0 Å². The molecule has 0 atom stereocenters. The summed E-state index contributed by atoms with van der Waals surface area (Å²) in [6.07, 6.45) is 10.9. The van der Waals surface area contributed by atoms with E-state index < -0.39 is 0 Å². The first-order chi connectivity index (χ1) is 11.8. The largest absolute Gasteiger partial charge is 0.376 e. The molecule has 1 saturated carbocycles. The Hall–Kier alpha value is -1.33. The summed E-state index contributed by atoms with van der Waals surface area (Å²) in [5, 5.41) is 7.13. The molecule has 1 heterocycles. The van der Waals surface area contributed by atoms with Gasteiger partial charge in [-0.1, -0.05) is 43.4 Å². The fourth-order valence-corrected chi connectivity index (χ4v) is 3.02. The van der Waals surface area contributed by atoms with Crippen LogP contribution in [0.2, 0.25) is 5.15 Å². The number of nitrogens with zero attached hydrogens (tertiary/aromatic N) is 2. The molecular formula is C18H29ClN4O. The molecule has 0 amide bonds. The third kappa shape index (κ3) is 7.49. The van der Waals surface area contributed by atoms with E-state index in [1.807, 2.05) is 12.1 Å². The Kier molecular flexibility index (Phi) is 8.92. The summed E-state index contributed by atoms with van der Waals surface area (Å²) < 4.78 is 5.98. The fourth-order valence-electron chi connectivity index (χ4n) is 2.90. The first kappa shape index (κ1) is 19.0. The van der Waals surface area contributed by atoms with Crippen molar-refractivity contribution in [2.45, 2.75) is 51.0 Å². The molecule has 24 heavy (non-hydrogen) atoms. The van der Waals surface area contributed by atoms with Gasteiger partial charge in [-0.2, -0.15) is 0 Å². The minimum atomic E-state index is 0.446. The maximum absolute atomic E-state index is 5.98. The summed E-state index contributed by atoms with van der Waals surface area (Å²) in [7, 11) is 1.78. The minimum absolute atomic E-state index is 0.446. The van der Waals surface area contributed by atoms with Gasteiger partial charge in [0, 0.05) is 26.3 Å². The van der Waals surface area contributed by atoms with Crippen molar-refractivity contribution < 1.29 is 4.74 Å². The van der Waals surface area contributed by atoms with Gasteiger partial charge >= 0.3 is 0 Å². The molecule has 1 aliphatic carbocycles. The van der Waals surface area contributed by atoms with Crippen LogP contribution in [0.1, 0.15) is 44.1 Å². The average Bonchev–Trinajstić information content (AvgIpc) is 2.87. The molecule has 0 aliphatic heterocycles. The van der Waals surface area contributed by atoms with Crippen molar-refractivity contribution >= 4 is 17.6 Å². The molecule has 0 aromatic carbocycles. The lowest BCUT2D eigenvalue weighted by Gasteiger charge is -2.16. The summed E-state index contributed by atoms with van der Waals surface area (Å²) >= 11 is 5.79. The van der Waals surface area contributed by atoms with E-state index in [4.69, 9.17) is 16.3 Å². The van der Waals surface area contributed by atoms with E-state index in [2.05, 4.69) is 20.6 Å². The number of aliphatic imine (C=N–C) groups is 1. The Balaban J connectivity index is 1.57. The van der Waals surface area contributed by atoms with Gasteiger partial charge in [-0.3, -0.25) is 4.99 Å². The lowest BCUT2D eigenvalue weighted by Crippen LogP contribution is -2.40. The lowest BCUT2D eigenvalue weighted by atomic mass is 10.1. The summed E-state index contributed by atoms with van der Waals surface area (Å²) in [5.74, 6) is 0.807. The van der Waals surface area contributed by atoms with Crippen LogP contribution < -0.4 is 10.6 Å². The minimum Gasteiger partial charge on any atom is -0.376 e. The van der Waals surface area contributed by atoms with E-state index in [0.29, 0.717) is 11.3 Å². The van der Waals surface area contributed by atoms with E-state index >= 15 is 0 Å². The molecule has 2 N–H and O–H groups in total. The van der Waals surface area contributed by atoms with Crippen molar-refractivity contribution in [1.29, 1.82) is 0 Å². The Morgan fingerprint density at radius 1 is 1.21 bits per heavy atom. The molecule has 5 nitrogen and oxygen atoms in total. The Bertz CT molecular complexity index is 484. The molecule has 6 heteroatoms. The molecule has 1 fully saturated rings. The number of aromatic nitrogens is 1. The first-order valence-corrected chi connectivity index (χ1v) is 9.32. The predicted octanol–water partition coefficient (Wildman–Crippen LogP) is 3.18. The topological polar surface area (TPSA) is 58.5 Å². The van der Waals surface area contributed by atoms with E-state index in [-0.39, 0.29) is 0 Å². The van der Waals surface area contributed by atoms with Crippen molar-refractivity contribution in [2.24, 2.45) is 4.99 Å². The Labute approximate surface area is 150 Å². The summed E-state index contributed by atoms with van der Waals surface area (Å²) in [6, 6.07) is 3.81. The number of rotatable bonds is 7. The molecule has 0 radical (unpaired) electrons. The highest BCUT2D eigenvalue weighted by molar-refractivity contribution is 6.29. The fraction of sp³-hybridized carbons (Fsp3) is 0.667. The van der Waals surface area contributed by atoms with E-state index in [1.54, 1.807) is 13.2 Å². The SMILES string of the molecule is CN=C(NCCOC1CCCCCC1)NCCc1ccc(Cl)nc1. The lowest BCUT2D eigenvalue weighted by molar-refractivity contribution is 0.0468. The highest BCUT2D eigenvalue weighted by Crippen LogP contribution is 2.19. The summed E-state index contributed by atoms with van der Waals surface area (Å²) in [5.41, 5.74) is 1.15. The van der Waals surface area contributed by atoms with Gasteiger partial charge in [0.25, 0.3) is 0 Å². The van der Waals surface area contributed by atoms with Crippen LogP contribution in [0.4, 0.5) is 0 Å². The maximum atomic E-state index is 5.98. The molecule has 134 valence electrons. The van der Waals surface area contributed by atoms with Crippen LogP contribution in [-0.4, -0.2) is 43.8 Å². The maximum Gasteiger partial charge on any atom is 0.191 e. The molecule has 0 saturated heterocycles. The standard InChI is InChI=1S/C18H29ClN4O/c1-20-18(21-11-10-15-8-9-17(19)23-14-15)22-12-13-24-16-6-4-2-3-5-7-16/h8-9,14,16H,2-7,10-13H2,1H3,(H2,20,21,22). The van der Waals surface area contributed by atoms with Crippen molar-refractivity contribution in [1.82, 2.24) is 15.6 Å². The number of pyridine rings is 1. The quantitative estimate of drug-likeness (QED) is 0.260. The zero-order valence-corrected chi connectivity index (χ0v) is 15.3. The normalized spacial score (nSPS) is 16.7. The Morgan fingerprint density at radius 2 is 1.96 bits per heavy atom. The van der Waals surface area contributed by atoms with Crippen molar-refractivity contribution in [3.8, 4) is 0 Å². The van der Waals surface area contributed by atoms with Crippen LogP contribution in [-0.2, 0) is 11.2 Å². The number of guanidine groups is 1. The number of ether oxygens (including phenoxy) is 1. The van der Waals surface area contributed by atoms with Gasteiger partial charge in [-0.25, -0.2) is 4.98 Å². The second-order valence-electron chi connectivity index (χ2n) is 6.15. The van der Waals surface area contributed by atoms with Gasteiger partial charge in [0.05, 0.1) is 12.7 Å².